The minimum atomic E-state index is 0.199. The number of hydrogen-bond acceptors (Lipinski definition) is 5. The van der Waals surface area contributed by atoms with Crippen molar-refractivity contribution in [1.82, 2.24) is 9.97 Å². The molecule has 3 nitrogen and oxygen atoms in total. The third-order valence-corrected chi connectivity index (χ3v) is 7.15. The predicted octanol–water partition coefficient (Wildman–Crippen LogP) is 3.36. The monoisotopic (exact) mass is 311 g/mol. The molecule has 1 aromatic heterocycles. The highest BCUT2D eigenvalue weighted by Gasteiger charge is 2.28. The molecular formula is C15H25N3S2. The van der Waals surface area contributed by atoms with E-state index in [4.69, 9.17) is 10.7 Å². The summed E-state index contributed by atoms with van der Waals surface area (Å²) >= 11 is 4.05. The minimum absolute atomic E-state index is 0.199. The molecule has 2 rings (SSSR count). The number of rotatable bonds is 4. The minimum Gasteiger partial charge on any atom is -0.327 e. The number of nitrogens with zero attached hydrogens (tertiary/aromatic N) is 2. The number of aryl methyl sites for hydroxylation is 1. The lowest BCUT2D eigenvalue weighted by molar-refractivity contribution is 0.631. The Morgan fingerprint density at radius 3 is 2.75 bits per heavy atom. The maximum Gasteiger partial charge on any atom is 0.142 e. The van der Waals surface area contributed by atoms with Gasteiger partial charge in [0.15, 0.2) is 0 Å². The van der Waals surface area contributed by atoms with Crippen LogP contribution in [0.5, 0.6) is 0 Å². The van der Waals surface area contributed by atoms with E-state index in [9.17, 15) is 0 Å². The average molecular weight is 312 g/mol. The normalized spacial score (nSPS) is 28.4. The van der Waals surface area contributed by atoms with Gasteiger partial charge in [0.25, 0.3) is 0 Å². The quantitative estimate of drug-likeness (QED) is 0.924. The Morgan fingerprint density at radius 1 is 1.35 bits per heavy atom. The lowest BCUT2D eigenvalue weighted by Crippen LogP contribution is -2.25. The summed E-state index contributed by atoms with van der Waals surface area (Å²) in [7, 11) is 0. The van der Waals surface area contributed by atoms with Gasteiger partial charge in [0.2, 0.25) is 0 Å². The van der Waals surface area contributed by atoms with E-state index in [-0.39, 0.29) is 6.04 Å². The average Bonchev–Trinajstić information content (AvgIpc) is 2.41. The van der Waals surface area contributed by atoms with Crippen molar-refractivity contribution in [2.45, 2.75) is 62.3 Å². The van der Waals surface area contributed by atoms with E-state index in [0.29, 0.717) is 15.7 Å². The molecule has 1 saturated heterocycles. The maximum absolute atomic E-state index is 6.05. The Hall–Kier alpha value is -0.260. The lowest BCUT2D eigenvalue weighted by Gasteiger charge is -2.30. The summed E-state index contributed by atoms with van der Waals surface area (Å²) in [5.74, 6) is 2.11. The molecule has 0 aromatic carbocycles. The molecule has 0 aliphatic carbocycles. The summed E-state index contributed by atoms with van der Waals surface area (Å²) < 4.78 is 0. The van der Waals surface area contributed by atoms with E-state index in [0.717, 1.165) is 35.8 Å². The van der Waals surface area contributed by atoms with Crippen LogP contribution in [0.25, 0.3) is 0 Å². The van der Waals surface area contributed by atoms with Crippen molar-refractivity contribution in [3.05, 3.63) is 23.3 Å². The summed E-state index contributed by atoms with van der Waals surface area (Å²) in [4.78, 5) is 9.44. The van der Waals surface area contributed by atoms with Crippen LogP contribution in [0.1, 0.15) is 49.7 Å². The second kappa shape index (κ2) is 7.14. The molecule has 0 radical (unpaired) electrons. The Bertz CT molecular complexity index is 453. The van der Waals surface area contributed by atoms with Crippen molar-refractivity contribution < 1.29 is 0 Å². The number of thioether (sulfide) groups is 2. The number of nitrogens with two attached hydrogens (primary N) is 1. The van der Waals surface area contributed by atoms with E-state index in [1.165, 1.54) is 0 Å². The Balaban J connectivity index is 2.15. The molecule has 112 valence electrons. The van der Waals surface area contributed by atoms with Gasteiger partial charge in [-0.1, -0.05) is 20.8 Å². The van der Waals surface area contributed by atoms with Crippen molar-refractivity contribution in [3.63, 3.8) is 0 Å². The second-order valence-electron chi connectivity index (χ2n) is 5.60. The van der Waals surface area contributed by atoms with Crippen LogP contribution in [0.2, 0.25) is 0 Å². The Labute approximate surface area is 130 Å². The van der Waals surface area contributed by atoms with Crippen LogP contribution in [-0.2, 0) is 6.42 Å². The van der Waals surface area contributed by atoms with Gasteiger partial charge >= 0.3 is 0 Å². The van der Waals surface area contributed by atoms with Crippen LogP contribution in [0.3, 0.4) is 0 Å². The maximum atomic E-state index is 6.05. The fraction of sp³-hybridized carbons (Fsp3) is 0.733. The summed E-state index contributed by atoms with van der Waals surface area (Å²) in [5.41, 5.74) is 8.21. The molecule has 4 atom stereocenters. The zero-order valence-corrected chi connectivity index (χ0v) is 14.4. The Morgan fingerprint density at radius 2 is 2.10 bits per heavy atom. The lowest BCUT2D eigenvalue weighted by atomic mass is 10.1. The van der Waals surface area contributed by atoms with Gasteiger partial charge < -0.3 is 5.73 Å². The first-order valence-electron chi connectivity index (χ1n) is 7.36. The molecular weight excluding hydrogens is 286 g/mol. The SMILES string of the molecule is CCC(N)Cc1cc(C)nc(C2CSC(C)C(C)S2)n1. The van der Waals surface area contributed by atoms with E-state index >= 15 is 0 Å². The van der Waals surface area contributed by atoms with Crippen LogP contribution in [0, 0.1) is 6.92 Å². The predicted molar refractivity (Wildman–Crippen MR) is 90.5 cm³/mol. The molecule has 0 bridgehead atoms. The zero-order chi connectivity index (χ0) is 14.7. The third-order valence-electron chi connectivity index (χ3n) is 3.76. The van der Waals surface area contributed by atoms with E-state index in [1.54, 1.807) is 0 Å². The molecule has 0 amide bonds. The van der Waals surface area contributed by atoms with Gasteiger partial charge in [-0.2, -0.15) is 11.8 Å². The van der Waals surface area contributed by atoms with Gasteiger partial charge in [-0.25, -0.2) is 9.97 Å². The van der Waals surface area contributed by atoms with Crippen LogP contribution >= 0.6 is 23.5 Å². The highest BCUT2D eigenvalue weighted by atomic mass is 32.2. The van der Waals surface area contributed by atoms with Crippen LogP contribution in [0.4, 0.5) is 0 Å². The molecule has 1 aliphatic heterocycles. The first-order valence-corrected chi connectivity index (χ1v) is 9.35. The summed E-state index contributed by atoms with van der Waals surface area (Å²) in [5, 5.41) is 1.79. The summed E-state index contributed by atoms with van der Waals surface area (Å²) in [6, 6.07) is 2.27. The topological polar surface area (TPSA) is 51.8 Å². The first-order chi connectivity index (χ1) is 9.49. The van der Waals surface area contributed by atoms with Crippen molar-refractivity contribution in [2.24, 2.45) is 5.73 Å². The molecule has 2 heterocycles. The molecule has 1 aromatic rings. The smallest absolute Gasteiger partial charge is 0.142 e. The highest BCUT2D eigenvalue weighted by molar-refractivity contribution is 8.07. The van der Waals surface area contributed by atoms with Gasteiger partial charge in [-0.15, -0.1) is 11.8 Å². The third kappa shape index (κ3) is 4.12. The molecule has 4 unspecified atom stereocenters. The molecule has 5 heteroatoms. The van der Waals surface area contributed by atoms with E-state index in [1.807, 2.05) is 23.5 Å². The van der Waals surface area contributed by atoms with Gasteiger partial charge in [0.1, 0.15) is 5.82 Å². The fourth-order valence-electron chi connectivity index (χ4n) is 2.24. The first kappa shape index (κ1) is 16.1. The molecule has 2 N–H and O–H groups in total. The second-order valence-corrected chi connectivity index (χ2v) is 8.59. The number of aromatic nitrogens is 2. The largest absolute Gasteiger partial charge is 0.327 e. The van der Waals surface area contributed by atoms with Crippen LogP contribution in [-0.4, -0.2) is 32.3 Å². The molecule has 0 spiro atoms. The molecule has 20 heavy (non-hydrogen) atoms. The molecule has 0 saturated carbocycles. The highest BCUT2D eigenvalue weighted by Crippen LogP contribution is 2.43. The fourth-order valence-corrected chi connectivity index (χ4v) is 5.08. The summed E-state index contributed by atoms with van der Waals surface area (Å²) in [6.07, 6.45) is 1.84. The molecule has 1 fully saturated rings. The zero-order valence-electron chi connectivity index (χ0n) is 12.8. The van der Waals surface area contributed by atoms with Gasteiger partial charge in [0, 0.05) is 40.1 Å². The van der Waals surface area contributed by atoms with Crippen molar-refractivity contribution in [1.29, 1.82) is 0 Å². The summed E-state index contributed by atoms with van der Waals surface area (Å²) in [6.45, 7) is 8.79. The van der Waals surface area contributed by atoms with Gasteiger partial charge in [-0.3, -0.25) is 0 Å². The van der Waals surface area contributed by atoms with E-state index in [2.05, 4.69) is 38.7 Å². The van der Waals surface area contributed by atoms with Crippen LogP contribution < -0.4 is 5.73 Å². The van der Waals surface area contributed by atoms with Crippen molar-refractivity contribution in [3.8, 4) is 0 Å². The Kier molecular flexibility index (Phi) is 5.75. The van der Waals surface area contributed by atoms with Crippen molar-refractivity contribution in [2.75, 3.05) is 5.75 Å². The number of hydrogen-bond donors (Lipinski definition) is 1. The van der Waals surface area contributed by atoms with Crippen LogP contribution in [0.15, 0.2) is 6.07 Å². The van der Waals surface area contributed by atoms with Gasteiger partial charge in [0.05, 0.1) is 5.25 Å². The van der Waals surface area contributed by atoms with E-state index < -0.39 is 0 Å². The standard InChI is InChI=1S/C15H25N3S2/c1-5-12(16)7-13-6-9(2)17-15(18-13)14-8-19-10(3)11(4)20-14/h6,10-12,14H,5,7-8,16H2,1-4H3. The van der Waals surface area contributed by atoms with Crippen molar-refractivity contribution >= 4 is 23.5 Å². The van der Waals surface area contributed by atoms with Gasteiger partial charge in [-0.05, 0) is 19.4 Å². The molecule has 1 aliphatic rings.